The number of hydrogen-bond donors (Lipinski definition) is 1. The zero-order valence-electron chi connectivity index (χ0n) is 38.0. The third kappa shape index (κ3) is 14.8. The van der Waals surface area contributed by atoms with Crippen molar-refractivity contribution in [2.75, 3.05) is 31.7 Å². The lowest BCUT2D eigenvalue weighted by Crippen LogP contribution is -2.39. The van der Waals surface area contributed by atoms with Crippen molar-refractivity contribution in [3.05, 3.63) is 139 Å². The molecule has 338 valence electrons. The van der Waals surface area contributed by atoms with Crippen LogP contribution in [0.1, 0.15) is 112 Å². The molecule has 5 aromatic rings. The molecule has 11 heteroatoms. The van der Waals surface area contributed by atoms with Gasteiger partial charge in [-0.2, -0.15) is 5.11 Å². The van der Waals surface area contributed by atoms with Gasteiger partial charge in [0.05, 0.1) is 60.6 Å². The number of benzene rings is 5. The van der Waals surface area contributed by atoms with Gasteiger partial charge in [0, 0.05) is 23.0 Å². The molecule has 0 spiro atoms. The highest BCUT2D eigenvalue weighted by molar-refractivity contribution is 6.00. The summed E-state index contributed by atoms with van der Waals surface area (Å²) in [5, 5.41) is 14.5. The highest BCUT2D eigenvalue weighted by atomic mass is 16.5. The quantitative estimate of drug-likeness (QED) is 0.0200. The third-order valence-corrected chi connectivity index (χ3v) is 11.4. The van der Waals surface area contributed by atoms with Gasteiger partial charge in [-0.15, -0.1) is 5.11 Å². The van der Waals surface area contributed by atoms with E-state index in [2.05, 4.69) is 22.1 Å². The summed E-state index contributed by atoms with van der Waals surface area (Å²) in [5.74, 6) is 0.177. The van der Waals surface area contributed by atoms with Gasteiger partial charge in [-0.25, -0.2) is 9.59 Å². The first kappa shape index (κ1) is 48.5. The van der Waals surface area contributed by atoms with Gasteiger partial charge in [-0.05, 0) is 149 Å². The van der Waals surface area contributed by atoms with Crippen LogP contribution in [0, 0.1) is 10.8 Å². The van der Waals surface area contributed by atoms with Gasteiger partial charge < -0.3 is 29.0 Å². The number of nitrogens with zero attached hydrogens (tertiary/aromatic N) is 2. The van der Waals surface area contributed by atoms with Gasteiger partial charge in [0.15, 0.2) is 0 Å². The van der Waals surface area contributed by atoms with Gasteiger partial charge in [0.25, 0.3) is 0 Å². The summed E-state index contributed by atoms with van der Waals surface area (Å²) in [4.78, 5) is 38.0. The topological polar surface area (TPSA) is 134 Å². The Kier molecular flexibility index (Phi) is 18.5. The Balaban J connectivity index is 1.03. The van der Waals surface area contributed by atoms with Crippen molar-refractivity contribution < 1.29 is 38.1 Å². The zero-order valence-corrected chi connectivity index (χ0v) is 38.0. The van der Waals surface area contributed by atoms with Gasteiger partial charge in [-0.3, -0.25) is 4.79 Å². The smallest absolute Gasteiger partial charge is 0.343 e. The average Bonchev–Trinajstić information content (AvgIpc) is 3.29. The molecule has 0 aromatic heterocycles. The molecule has 0 atom stereocenters. The van der Waals surface area contributed by atoms with Crippen LogP contribution < -0.4 is 14.8 Å². The Morgan fingerprint density at radius 3 is 1.83 bits per heavy atom. The van der Waals surface area contributed by atoms with Crippen molar-refractivity contribution in [2.24, 2.45) is 21.1 Å². The van der Waals surface area contributed by atoms with E-state index in [1.54, 1.807) is 60.7 Å². The zero-order chi connectivity index (χ0) is 45.8. The SMILES string of the molecule is C=COCCCCCCOc1ccc(C(=O)Oc2ccc(CNc3ccc(N=Nc4ccc(C(=O)OCCCCCCOC(=O)C(C)(C)C(C)(C)C)cc4)c4ccccc34)cc2)cc1. The number of unbranched alkanes of at least 4 members (excludes halogenated alkanes) is 6. The number of hydrogen-bond acceptors (Lipinski definition) is 11. The standard InChI is InChI=1S/C53H63N3O8/c1-7-60-34-14-8-9-15-35-61-43-30-24-41(25-31-43)50(58)64-44-28-20-39(21-29-44)38-54-47-32-33-48(46-19-13-12-18-45(46)47)56-55-42-26-22-40(23-27-42)49(57)62-36-16-10-11-17-37-63-51(59)53(5,6)52(2,3)4/h7,12-13,18-33,54H,1,8-11,14-17,34-38H2,2-6H3. The Morgan fingerprint density at radius 2 is 1.17 bits per heavy atom. The Bertz CT molecular complexity index is 2300. The summed E-state index contributed by atoms with van der Waals surface area (Å²) in [7, 11) is 0. The van der Waals surface area contributed by atoms with E-state index in [0.29, 0.717) is 67.0 Å². The monoisotopic (exact) mass is 869 g/mol. The molecule has 0 bridgehead atoms. The maximum Gasteiger partial charge on any atom is 0.343 e. The van der Waals surface area contributed by atoms with Crippen molar-refractivity contribution in [3.8, 4) is 11.5 Å². The number of azo groups is 1. The number of carbonyl (C=O) groups is 3. The van der Waals surface area contributed by atoms with Crippen molar-refractivity contribution in [1.82, 2.24) is 0 Å². The molecule has 0 radical (unpaired) electrons. The van der Waals surface area contributed by atoms with E-state index >= 15 is 0 Å². The maximum absolute atomic E-state index is 12.8. The van der Waals surface area contributed by atoms with E-state index in [0.717, 1.165) is 73.4 Å². The Hall–Kier alpha value is -6.49. The molecule has 11 nitrogen and oxygen atoms in total. The maximum atomic E-state index is 12.8. The first-order valence-electron chi connectivity index (χ1n) is 22.2. The van der Waals surface area contributed by atoms with E-state index in [1.807, 2.05) is 83.1 Å². The van der Waals surface area contributed by atoms with Crippen LogP contribution in [0.5, 0.6) is 11.5 Å². The number of anilines is 1. The van der Waals surface area contributed by atoms with Crippen molar-refractivity contribution in [3.63, 3.8) is 0 Å². The van der Waals surface area contributed by atoms with Crippen LogP contribution in [-0.2, 0) is 25.5 Å². The van der Waals surface area contributed by atoms with Gasteiger partial charge in [0.1, 0.15) is 11.5 Å². The summed E-state index contributed by atoms with van der Waals surface area (Å²) >= 11 is 0. The van der Waals surface area contributed by atoms with Crippen LogP contribution in [0.2, 0.25) is 0 Å². The Labute approximate surface area is 378 Å². The lowest BCUT2D eigenvalue weighted by molar-refractivity contribution is -0.160. The van der Waals surface area contributed by atoms with E-state index < -0.39 is 11.4 Å². The van der Waals surface area contributed by atoms with Crippen LogP contribution in [0.4, 0.5) is 17.1 Å². The molecule has 5 rings (SSSR count). The van der Waals surface area contributed by atoms with Crippen LogP contribution in [-0.4, -0.2) is 44.3 Å². The third-order valence-electron chi connectivity index (χ3n) is 11.4. The summed E-state index contributed by atoms with van der Waals surface area (Å²) in [6.45, 7) is 16.1. The molecule has 0 fully saturated rings. The Morgan fingerprint density at radius 1 is 0.594 bits per heavy atom. The van der Waals surface area contributed by atoms with Crippen molar-refractivity contribution in [1.29, 1.82) is 0 Å². The van der Waals surface area contributed by atoms with E-state index in [9.17, 15) is 14.4 Å². The molecule has 5 aromatic carbocycles. The normalized spacial score (nSPS) is 11.6. The molecule has 1 N–H and O–H groups in total. The number of fused-ring (bicyclic) bond motifs is 1. The largest absolute Gasteiger partial charge is 0.502 e. The van der Waals surface area contributed by atoms with Gasteiger partial charge in [0.2, 0.25) is 0 Å². The summed E-state index contributed by atoms with van der Waals surface area (Å²) in [5.41, 5.74) is 3.42. The highest BCUT2D eigenvalue weighted by Crippen LogP contribution is 2.39. The lowest BCUT2D eigenvalue weighted by Gasteiger charge is -2.36. The molecule has 0 saturated carbocycles. The number of carbonyl (C=O) groups excluding carboxylic acids is 3. The number of rotatable bonds is 25. The second kappa shape index (κ2) is 24.4. The molecule has 0 aliphatic carbocycles. The fourth-order valence-electron chi connectivity index (χ4n) is 6.40. The van der Waals surface area contributed by atoms with Crippen molar-refractivity contribution >= 4 is 45.7 Å². The molecule has 0 aliphatic rings. The van der Waals surface area contributed by atoms with E-state index in [4.69, 9.17) is 23.7 Å². The predicted octanol–water partition coefficient (Wildman–Crippen LogP) is 13.5. The molecule has 0 amide bonds. The predicted molar refractivity (Wildman–Crippen MR) is 253 cm³/mol. The minimum Gasteiger partial charge on any atom is -0.502 e. The second-order valence-corrected chi connectivity index (χ2v) is 17.2. The van der Waals surface area contributed by atoms with Crippen LogP contribution >= 0.6 is 0 Å². The number of ether oxygens (including phenoxy) is 5. The first-order chi connectivity index (χ1) is 30.9. The van der Waals surface area contributed by atoms with Crippen LogP contribution in [0.3, 0.4) is 0 Å². The minimum atomic E-state index is -0.556. The van der Waals surface area contributed by atoms with E-state index in [-0.39, 0.29) is 17.4 Å². The van der Waals surface area contributed by atoms with Crippen LogP contribution in [0.25, 0.3) is 10.8 Å². The van der Waals surface area contributed by atoms with Crippen molar-refractivity contribution in [2.45, 2.75) is 92.5 Å². The van der Waals surface area contributed by atoms with Crippen LogP contribution in [0.15, 0.2) is 132 Å². The molecule has 0 saturated heterocycles. The molecule has 64 heavy (non-hydrogen) atoms. The van der Waals surface area contributed by atoms with E-state index in [1.165, 1.54) is 6.26 Å². The lowest BCUT2D eigenvalue weighted by atomic mass is 9.69. The second-order valence-electron chi connectivity index (χ2n) is 17.2. The number of esters is 3. The molecule has 0 aliphatic heterocycles. The fourth-order valence-corrected chi connectivity index (χ4v) is 6.40. The molecule has 0 unspecified atom stereocenters. The number of nitrogens with one attached hydrogen (secondary N) is 1. The average molecular weight is 870 g/mol. The highest BCUT2D eigenvalue weighted by Gasteiger charge is 2.41. The first-order valence-corrected chi connectivity index (χ1v) is 22.2. The van der Waals surface area contributed by atoms with Gasteiger partial charge in [-0.1, -0.05) is 63.7 Å². The minimum absolute atomic E-state index is 0.174. The summed E-state index contributed by atoms with van der Waals surface area (Å²) < 4.78 is 27.6. The molecular formula is C53H63N3O8. The molecular weight excluding hydrogens is 807 g/mol. The summed E-state index contributed by atoms with van der Waals surface area (Å²) in [6, 6.07) is 33.2. The molecule has 0 heterocycles. The summed E-state index contributed by atoms with van der Waals surface area (Å²) in [6.07, 6.45) is 8.82. The fraction of sp³-hybridized carbons (Fsp3) is 0.377. The van der Waals surface area contributed by atoms with Gasteiger partial charge >= 0.3 is 17.9 Å².